The summed E-state index contributed by atoms with van der Waals surface area (Å²) >= 11 is 5.96. The summed E-state index contributed by atoms with van der Waals surface area (Å²) in [5, 5.41) is 0.0551. The Kier molecular flexibility index (Phi) is 4.75. The normalized spacial score (nSPS) is 21.4. The maximum absolute atomic E-state index is 11.9. The van der Waals surface area contributed by atoms with E-state index in [4.69, 9.17) is 20.9 Å². The van der Waals surface area contributed by atoms with Gasteiger partial charge < -0.3 is 9.31 Å². The molecule has 2 rings (SSSR count). The molecule has 0 aromatic carbocycles. The van der Waals surface area contributed by atoms with Gasteiger partial charge in [-0.1, -0.05) is 11.6 Å². The number of anilines is 1. The maximum Gasteiger partial charge on any atom is 0.496 e. The Morgan fingerprint density at radius 2 is 2.09 bits per heavy atom. The lowest BCUT2D eigenvalue weighted by molar-refractivity contribution is 0.0842. The summed E-state index contributed by atoms with van der Waals surface area (Å²) in [6, 6.07) is 1.56. The van der Waals surface area contributed by atoms with Crippen LogP contribution >= 0.6 is 11.6 Å². The molecular formula is C12H19BClN3O4S. The van der Waals surface area contributed by atoms with Crippen molar-refractivity contribution in [2.24, 2.45) is 0 Å². The van der Waals surface area contributed by atoms with Crippen LogP contribution in [0.3, 0.4) is 0 Å². The third-order valence-electron chi connectivity index (χ3n) is 3.57. The van der Waals surface area contributed by atoms with E-state index in [1.54, 1.807) is 6.07 Å². The first-order valence-electron chi connectivity index (χ1n) is 6.72. The van der Waals surface area contributed by atoms with Crippen LogP contribution in [0.25, 0.3) is 0 Å². The van der Waals surface area contributed by atoms with Crippen LogP contribution in [-0.4, -0.2) is 50.6 Å². The highest BCUT2D eigenvalue weighted by Gasteiger charge is 2.44. The van der Waals surface area contributed by atoms with Crippen LogP contribution in [0, 0.1) is 0 Å². The largest absolute Gasteiger partial charge is 0.496 e. The molecule has 7 nitrogen and oxygen atoms in total. The molecule has 22 heavy (non-hydrogen) atoms. The monoisotopic (exact) mass is 347 g/mol. The molecule has 1 aliphatic rings. The van der Waals surface area contributed by atoms with Crippen molar-refractivity contribution in [1.29, 1.82) is 0 Å². The molecule has 1 aliphatic heterocycles. The Morgan fingerprint density at radius 3 is 2.59 bits per heavy atom. The average Bonchev–Trinajstić information content (AvgIpc) is 2.66. The van der Waals surface area contributed by atoms with Crippen molar-refractivity contribution in [2.75, 3.05) is 18.8 Å². The molecule has 0 radical (unpaired) electrons. The minimum absolute atomic E-state index is 0.0551. The van der Waals surface area contributed by atoms with Crippen LogP contribution < -0.4 is 10.2 Å². The van der Waals surface area contributed by atoms with Gasteiger partial charge in [-0.3, -0.25) is 4.72 Å². The van der Waals surface area contributed by atoms with Gasteiger partial charge in [-0.25, -0.2) is 4.98 Å². The smallest absolute Gasteiger partial charge is 0.402 e. The van der Waals surface area contributed by atoms with E-state index in [0.717, 1.165) is 4.31 Å². The van der Waals surface area contributed by atoms with Gasteiger partial charge in [-0.05, 0) is 26.8 Å². The number of rotatable bonds is 4. The summed E-state index contributed by atoms with van der Waals surface area (Å²) < 4.78 is 38.8. The van der Waals surface area contributed by atoms with E-state index in [9.17, 15) is 8.42 Å². The van der Waals surface area contributed by atoms with Gasteiger partial charge in [0.2, 0.25) is 0 Å². The summed E-state index contributed by atoms with van der Waals surface area (Å²) in [5.74, 6) is 0. The summed E-state index contributed by atoms with van der Waals surface area (Å²) in [7, 11) is -1.45. The third kappa shape index (κ3) is 3.54. The molecule has 2 heterocycles. The van der Waals surface area contributed by atoms with E-state index in [-0.39, 0.29) is 16.9 Å². The fourth-order valence-corrected chi connectivity index (χ4v) is 2.61. The highest BCUT2D eigenvalue weighted by atomic mass is 35.5. The number of nitrogens with one attached hydrogen (secondary N) is 1. The second kappa shape index (κ2) is 5.97. The highest BCUT2D eigenvalue weighted by molar-refractivity contribution is 7.90. The van der Waals surface area contributed by atoms with Gasteiger partial charge in [-0.2, -0.15) is 12.7 Å². The maximum atomic E-state index is 11.9. The zero-order chi connectivity index (χ0) is 16.7. The Hall–Kier alpha value is -0.865. The van der Waals surface area contributed by atoms with Crippen molar-refractivity contribution < 1.29 is 17.7 Å². The molecule has 122 valence electrons. The molecule has 1 aromatic heterocycles. The number of aromatic nitrogens is 1. The molecule has 1 N–H and O–H groups in total. The quantitative estimate of drug-likeness (QED) is 0.645. The van der Waals surface area contributed by atoms with Crippen LogP contribution in [0.1, 0.15) is 20.8 Å². The van der Waals surface area contributed by atoms with Gasteiger partial charge >= 0.3 is 17.3 Å². The van der Waals surface area contributed by atoms with Crippen molar-refractivity contribution in [1.82, 2.24) is 9.29 Å². The lowest BCUT2D eigenvalue weighted by Crippen LogP contribution is -2.36. The number of hydrogen-bond acceptors (Lipinski definition) is 5. The fraction of sp³-hybridized carbons (Fsp3) is 0.583. The molecular weight excluding hydrogens is 328 g/mol. The molecule has 1 unspecified atom stereocenters. The zero-order valence-electron chi connectivity index (χ0n) is 13.1. The predicted octanol–water partition coefficient (Wildman–Crippen LogP) is 0.862. The number of nitrogens with zero attached hydrogens (tertiary/aromatic N) is 2. The predicted molar refractivity (Wildman–Crippen MR) is 86.6 cm³/mol. The van der Waals surface area contributed by atoms with Gasteiger partial charge in [0.25, 0.3) is 0 Å². The summed E-state index contributed by atoms with van der Waals surface area (Å²) in [6.45, 7) is 5.77. The summed E-state index contributed by atoms with van der Waals surface area (Å²) in [6.07, 6.45) is 1.41. The van der Waals surface area contributed by atoms with Crippen LogP contribution in [0.4, 0.5) is 5.69 Å². The lowest BCUT2D eigenvalue weighted by Gasteiger charge is -2.21. The van der Waals surface area contributed by atoms with Crippen LogP contribution in [0.5, 0.6) is 0 Å². The van der Waals surface area contributed by atoms with Gasteiger partial charge in [0, 0.05) is 25.8 Å². The second-order valence-electron chi connectivity index (χ2n) is 5.83. The van der Waals surface area contributed by atoms with Gasteiger partial charge in [0.15, 0.2) is 5.15 Å². The SMILES string of the molecule is CC1OB(c2cnc(Cl)c(NS(=O)(=O)N(C)C)c2)OC1(C)C. The Labute approximate surface area is 136 Å². The van der Waals surface area contributed by atoms with E-state index >= 15 is 0 Å². The molecule has 1 saturated heterocycles. The zero-order valence-corrected chi connectivity index (χ0v) is 14.7. The first kappa shape index (κ1) is 17.5. The number of pyridine rings is 1. The molecule has 0 bridgehead atoms. The molecule has 1 aromatic rings. The van der Waals surface area contributed by atoms with Gasteiger partial charge in [-0.15, -0.1) is 0 Å². The first-order valence-corrected chi connectivity index (χ1v) is 8.54. The second-order valence-corrected chi connectivity index (χ2v) is 8.07. The molecule has 0 spiro atoms. The van der Waals surface area contributed by atoms with Crippen molar-refractivity contribution in [3.05, 3.63) is 17.4 Å². The molecule has 0 aliphatic carbocycles. The van der Waals surface area contributed by atoms with Crippen LogP contribution in [-0.2, 0) is 19.5 Å². The third-order valence-corrected chi connectivity index (χ3v) is 5.31. The van der Waals surface area contributed by atoms with Crippen LogP contribution in [0.2, 0.25) is 5.15 Å². The molecule has 0 amide bonds. The molecule has 10 heteroatoms. The van der Waals surface area contributed by atoms with E-state index in [1.807, 2.05) is 20.8 Å². The fourth-order valence-electron chi connectivity index (χ4n) is 1.79. The van der Waals surface area contributed by atoms with Crippen molar-refractivity contribution in [3.63, 3.8) is 0 Å². The van der Waals surface area contributed by atoms with Crippen molar-refractivity contribution in [2.45, 2.75) is 32.5 Å². The van der Waals surface area contributed by atoms with Gasteiger partial charge in [0.1, 0.15) is 0 Å². The molecule has 0 saturated carbocycles. The lowest BCUT2D eigenvalue weighted by atomic mass is 9.80. The van der Waals surface area contributed by atoms with E-state index in [1.165, 1.54) is 20.3 Å². The van der Waals surface area contributed by atoms with Crippen LogP contribution in [0.15, 0.2) is 12.3 Å². The summed E-state index contributed by atoms with van der Waals surface area (Å²) in [5.41, 5.74) is 0.337. The van der Waals surface area contributed by atoms with Crippen molar-refractivity contribution >= 4 is 40.1 Å². The number of halogens is 1. The molecule has 1 atom stereocenters. The highest BCUT2D eigenvalue weighted by Crippen LogP contribution is 2.27. The standard InChI is InChI=1S/C12H19BClN3O4S/c1-8-12(2,3)21-13(20-8)9-6-10(11(14)15-7-9)16-22(18,19)17(4)5/h6-8,16H,1-5H3. The van der Waals surface area contributed by atoms with E-state index in [2.05, 4.69) is 9.71 Å². The summed E-state index contributed by atoms with van der Waals surface area (Å²) in [4.78, 5) is 4.00. The average molecular weight is 348 g/mol. The number of hydrogen-bond donors (Lipinski definition) is 1. The topological polar surface area (TPSA) is 80.8 Å². The Bertz CT molecular complexity index is 668. The minimum atomic E-state index is -3.67. The van der Waals surface area contributed by atoms with E-state index in [0.29, 0.717) is 5.46 Å². The Morgan fingerprint density at radius 1 is 1.45 bits per heavy atom. The van der Waals surface area contributed by atoms with Crippen molar-refractivity contribution in [3.8, 4) is 0 Å². The molecule has 1 fully saturated rings. The Balaban J connectivity index is 2.29. The van der Waals surface area contributed by atoms with E-state index < -0.39 is 22.9 Å². The minimum Gasteiger partial charge on any atom is -0.402 e. The van der Waals surface area contributed by atoms with Gasteiger partial charge in [0.05, 0.1) is 17.4 Å². The first-order chi connectivity index (χ1) is 10.0.